The van der Waals surface area contributed by atoms with Gasteiger partial charge in [-0.25, -0.2) is 0 Å². The minimum atomic E-state index is -0.926. The number of rotatable bonds is 3. The molecule has 1 heteroatoms. The summed E-state index contributed by atoms with van der Waals surface area (Å²) < 4.78 is 0. The van der Waals surface area contributed by atoms with Crippen molar-refractivity contribution in [3.05, 3.63) is 70.8 Å². The van der Waals surface area contributed by atoms with E-state index in [2.05, 4.69) is 43.3 Å². The van der Waals surface area contributed by atoms with Gasteiger partial charge < -0.3 is 5.11 Å². The monoisotopic (exact) mass is 266 g/mol. The van der Waals surface area contributed by atoms with Gasteiger partial charge in [0.2, 0.25) is 0 Å². The van der Waals surface area contributed by atoms with Crippen molar-refractivity contribution < 1.29 is 5.11 Å². The molecule has 0 spiro atoms. The van der Waals surface area contributed by atoms with Crippen LogP contribution in [0, 0.1) is 6.92 Å². The molecule has 0 aliphatic heterocycles. The van der Waals surface area contributed by atoms with Crippen LogP contribution in [0.25, 0.3) is 0 Å². The van der Waals surface area contributed by atoms with E-state index in [0.29, 0.717) is 0 Å². The minimum absolute atomic E-state index is 0.743. The van der Waals surface area contributed by atoms with Crippen LogP contribution in [0.4, 0.5) is 0 Å². The molecule has 1 fully saturated rings. The van der Waals surface area contributed by atoms with Crippen LogP contribution < -0.4 is 0 Å². The van der Waals surface area contributed by atoms with E-state index in [-0.39, 0.29) is 0 Å². The summed E-state index contributed by atoms with van der Waals surface area (Å²) in [7, 11) is 0. The zero-order valence-electron chi connectivity index (χ0n) is 12.3. The SMILES string of the molecule is Cc1cccc(C(C)(O)c2ccc(C3CCC3)cc2)c1. The van der Waals surface area contributed by atoms with Crippen LogP contribution in [0.3, 0.4) is 0 Å². The van der Waals surface area contributed by atoms with E-state index >= 15 is 0 Å². The van der Waals surface area contributed by atoms with Crippen molar-refractivity contribution in [2.24, 2.45) is 0 Å². The molecule has 1 atom stereocenters. The maximum absolute atomic E-state index is 10.9. The Morgan fingerprint density at radius 3 is 2.25 bits per heavy atom. The lowest BCUT2D eigenvalue weighted by Crippen LogP contribution is -2.23. The lowest BCUT2D eigenvalue weighted by Gasteiger charge is -2.28. The summed E-state index contributed by atoms with van der Waals surface area (Å²) in [6.45, 7) is 3.93. The lowest BCUT2D eigenvalue weighted by atomic mass is 9.79. The molecule has 2 aromatic carbocycles. The highest BCUT2D eigenvalue weighted by molar-refractivity contribution is 5.38. The molecular weight excluding hydrogens is 244 g/mol. The first-order chi connectivity index (χ1) is 9.57. The smallest absolute Gasteiger partial charge is 0.112 e. The molecule has 1 unspecified atom stereocenters. The summed E-state index contributed by atoms with van der Waals surface area (Å²) in [6.07, 6.45) is 3.98. The van der Waals surface area contributed by atoms with Gasteiger partial charge in [0.1, 0.15) is 5.60 Å². The average molecular weight is 266 g/mol. The van der Waals surface area contributed by atoms with E-state index < -0.39 is 5.60 Å². The van der Waals surface area contributed by atoms with Gasteiger partial charge in [-0.2, -0.15) is 0 Å². The third-order valence-corrected chi connectivity index (χ3v) is 4.63. The maximum atomic E-state index is 10.9. The highest BCUT2D eigenvalue weighted by Crippen LogP contribution is 2.37. The fraction of sp³-hybridized carbons (Fsp3) is 0.368. The van der Waals surface area contributed by atoms with E-state index in [0.717, 1.165) is 17.0 Å². The Morgan fingerprint density at radius 1 is 1.00 bits per heavy atom. The van der Waals surface area contributed by atoms with Gasteiger partial charge in [0, 0.05) is 0 Å². The number of aliphatic hydroxyl groups is 1. The second-order valence-corrected chi connectivity index (χ2v) is 6.19. The molecule has 0 saturated heterocycles. The first-order valence-corrected chi connectivity index (χ1v) is 7.47. The van der Waals surface area contributed by atoms with Gasteiger partial charge in [0.25, 0.3) is 0 Å². The van der Waals surface area contributed by atoms with Crippen molar-refractivity contribution in [1.29, 1.82) is 0 Å². The summed E-state index contributed by atoms with van der Waals surface area (Å²) in [4.78, 5) is 0. The van der Waals surface area contributed by atoms with Crippen molar-refractivity contribution in [1.82, 2.24) is 0 Å². The van der Waals surface area contributed by atoms with Gasteiger partial charge in [-0.3, -0.25) is 0 Å². The first-order valence-electron chi connectivity index (χ1n) is 7.47. The molecule has 0 aromatic heterocycles. The van der Waals surface area contributed by atoms with Crippen LogP contribution in [0.1, 0.15) is 54.4 Å². The molecule has 1 N–H and O–H groups in total. The first kappa shape index (κ1) is 13.4. The largest absolute Gasteiger partial charge is 0.381 e. The third-order valence-electron chi connectivity index (χ3n) is 4.63. The topological polar surface area (TPSA) is 20.2 Å². The Kier molecular flexibility index (Phi) is 3.39. The van der Waals surface area contributed by atoms with Crippen LogP contribution >= 0.6 is 0 Å². The Hall–Kier alpha value is -1.60. The number of benzene rings is 2. The van der Waals surface area contributed by atoms with Crippen LogP contribution in [-0.4, -0.2) is 5.11 Å². The van der Waals surface area contributed by atoms with Gasteiger partial charge in [0.15, 0.2) is 0 Å². The fourth-order valence-electron chi connectivity index (χ4n) is 2.94. The van der Waals surface area contributed by atoms with Crippen molar-refractivity contribution >= 4 is 0 Å². The number of hydrogen-bond donors (Lipinski definition) is 1. The van der Waals surface area contributed by atoms with E-state index in [9.17, 15) is 5.11 Å². The zero-order chi connectivity index (χ0) is 14.2. The van der Waals surface area contributed by atoms with Gasteiger partial charge in [0.05, 0.1) is 0 Å². The maximum Gasteiger partial charge on any atom is 0.112 e. The lowest BCUT2D eigenvalue weighted by molar-refractivity contribution is 0.102. The fourth-order valence-corrected chi connectivity index (χ4v) is 2.94. The standard InChI is InChI=1S/C19H22O/c1-14-5-3-8-18(13-14)19(2,20)17-11-9-16(10-12-17)15-6-4-7-15/h3,5,8-13,15,20H,4,6-7H2,1-2H3. The normalized spacial score (nSPS) is 18.4. The molecule has 0 heterocycles. The third kappa shape index (κ3) is 2.38. The quantitative estimate of drug-likeness (QED) is 0.866. The molecule has 1 nitrogen and oxygen atoms in total. The second kappa shape index (κ2) is 5.06. The molecule has 0 bridgehead atoms. The predicted octanol–water partition coefficient (Wildman–Crippen LogP) is 4.52. The van der Waals surface area contributed by atoms with Gasteiger partial charge in [-0.05, 0) is 49.3 Å². The molecule has 0 radical (unpaired) electrons. The average Bonchev–Trinajstić information content (AvgIpc) is 2.37. The molecular formula is C19H22O. The number of aryl methyl sites for hydroxylation is 1. The number of hydrogen-bond acceptors (Lipinski definition) is 1. The molecule has 1 saturated carbocycles. The van der Waals surface area contributed by atoms with E-state index in [1.807, 2.05) is 19.1 Å². The minimum Gasteiger partial charge on any atom is -0.381 e. The highest BCUT2D eigenvalue weighted by atomic mass is 16.3. The van der Waals surface area contributed by atoms with Gasteiger partial charge >= 0.3 is 0 Å². The Balaban J connectivity index is 1.90. The summed E-state index contributed by atoms with van der Waals surface area (Å²) in [6, 6.07) is 16.6. The Morgan fingerprint density at radius 2 is 1.70 bits per heavy atom. The van der Waals surface area contributed by atoms with Crippen LogP contribution in [0.5, 0.6) is 0 Å². The van der Waals surface area contributed by atoms with E-state index in [1.165, 1.54) is 30.4 Å². The van der Waals surface area contributed by atoms with Crippen molar-refractivity contribution in [2.45, 2.75) is 44.6 Å². The molecule has 1 aliphatic rings. The van der Waals surface area contributed by atoms with Crippen LogP contribution in [0.15, 0.2) is 48.5 Å². The van der Waals surface area contributed by atoms with Gasteiger partial charge in [-0.1, -0.05) is 60.5 Å². The van der Waals surface area contributed by atoms with E-state index in [1.54, 1.807) is 0 Å². The molecule has 0 amide bonds. The highest BCUT2D eigenvalue weighted by Gasteiger charge is 2.26. The summed E-state index contributed by atoms with van der Waals surface area (Å²) in [5.41, 5.74) is 3.58. The van der Waals surface area contributed by atoms with Crippen LogP contribution in [0.2, 0.25) is 0 Å². The zero-order valence-corrected chi connectivity index (χ0v) is 12.3. The van der Waals surface area contributed by atoms with Crippen molar-refractivity contribution in [3.8, 4) is 0 Å². The Bertz CT molecular complexity index is 591. The second-order valence-electron chi connectivity index (χ2n) is 6.19. The predicted molar refractivity (Wildman–Crippen MR) is 82.9 cm³/mol. The van der Waals surface area contributed by atoms with E-state index in [4.69, 9.17) is 0 Å². The van der Waals surface area contributed by atoms with Gasteiger partial charge in [-0.15, -0.1) is 0 Å². The summed E-state index contributed by atoms with van der Waals surface area (Å²) in [5, 5.41) is 10.9. The molecule has 3 rings (SSSR count). The van der Waals surface area contributed by atoms with Crippen molar-refractivity contribution in [2.75, 3.05) is 0 Å². The Labute approximate surface area is 121 Å². The molecule has 20 heavy (non-hydrogen) atoms. The molecule has 1 aliphatic carbocycles. The summed E-state index contributed by atoms with van der Waals surface area (Å²) >= 11 is 0. The molecule has 2 aromatic rings. The summed E-state index contributed by atoms with van der Waals surface area (Å²) in [5.74, 6) is 0.743. The van der Waals surface area contributed by atoms with Crippen molar-refractivity contribution in [3.63, 3.8) is 0 Å². The van der Waals surface area contributed by atoms with Crippen LogP contribution in [-0.2, 0) is 5.60 Å². The molecule has 104 valence electrons.